The quantitative estimate of drug-likeness (QED) is 0.841. The van der Waals surface area contributed by atoms with Gasteiger partial charge in [0.15, 0.2) is 4.87 Å². The molecule has 1 aromatic rings. The van der Waals surface area contributed by atoms with Gasteiger partial charge in [0.25, 0.3) is 0 Å². The summed E-state index contributed by atoms with van der Waals surface area (Å²) in [5.74, 6) is -2.19. The van der Waals surface area contributed by atoms with Gasteiger partial charge >= 0.3 is 12.1 Å². The van der Waals surface area contributed by atoms with Crippen LogP contribution >= 0.6 is 11.6 Å². The van der Waals surface area contributed by atoms with Crippen LogP contribution in [0.5, 0.6) is 0 Å². The third-order valence-corrected chi connectivity index (χ3v) is 4.98. The van der Waals surface area contributed by atoms with Gasteiger partial charge in [-0.05, 0) is 5.56 Å². The molecule has 0 radical (unpaired) electrons. The first-order valence-electron chi connectivity index (χ1n) is 6.29. The molecule has 0 amide bonds. The average Bonchev–Trinajstić information content (AvgIpc) is 2.81. The maximum absolute atomic E-state index is 13.2. The van der Waals surface area contributed by atoms with Gasteiger partial charge in [-0.1, -0.05) is 50.3 Å². The van der Waals surface area contributed by atoms with E-state index in [9.17, 15) is 18.0 Å². The van der Waals surface area contributed by atoms with Crippen LogP contribution in [0.4, 0.5) is 13.2 Å². The number of carbonyl (C=O) groups is 1. The van der Waals surface area contributed by atoms with E-state index in [1.165, 1.54) is 24.3 Å². The van der Waals surface area contributed by atoms with Crippen molar-refractivity contribution < 1.29 is 23.1 Å². The molecule has 21 heavy (non-hydrogen) atoms. The molecule has 6 heteroatoms. The smallest absolute Gasteiger partial charge is 0.416 e. The summed E-state index contributed by atoms with van der Waals surface area (Å²) in [6, 6.07) is 7.29. The molecule has 0 saturated heterocycles. The van der Waals surface area contributed by atoms with Gasteiger partial charge in [0.1, 0.15) is 0 Å². The normalized spacial score (nSPS) is 28.3. The van der Waals surface area contributed by atoms with Crippen LogP contribution in [0.25, 0.3) is 5.57 Å². The first-order valence-corrected chi connectivity index (χ1v) is 6.67. The van der Waals surface area contributed by atoms with Crippen molar-refractivity contribution in [1.29, 1.82) is 0 Å². The van der Waals surface area contributed by atoms with E-state index in [1.54, 1.807) is 19.9 Å². The molecule has 0 aliphatic heterocycles. The minimum absolute atomic E-state index is 0.00268. The molecule has 0 aromatic heterocycles. The van der Waals surface area contributed by atoms with Crippen molar-refractivity contribution in [2.45, 2.75) is 24.9 Å². The Morgan fingerprint density at radius 3 is 2.19 bits per heavy atom. The zero-order valence-electron chi connectivity index (χ0n) is 11.4. The zero-order valence-corrected chi connectivity index (χ0v) is 12.2. The highest BCUT2D eigenvalue weighted by atomic mass is 35.5. The third kappa shape index (κ3) is 2.44. The van der Waals surface area contributed by atoms with Crippen molar-refractivity contribution in [2.75, 3.05) is 0 Å². The molecule has 2 unspecified atom stereocenters. The summed E-state index contributed by atoms with van der Waals surface area (Å²) in [6.07, 6.45) is -3.63. The number of hydrogen-bond acceptors (Lipinski definition) is 1. The molecule has 0 bridgehead atoms. The summed E-state index contributed by atoms with van der Waals surface area (Å²) in [6.45, 7) is 3.10. The van der Waals surface area contributed by atoms with Gasteiger partial charge in [-0.25, -0.2) is 0 Å². The van der Waals surface area contributed by atoms with E-state index < -0.39 is 33.9 Å². The second kappa shape index (κ2) is 4.77. The zero-order chi connectivity index (χ0) is 16.1. The van der Waals surface area contributed by atoms with Crippen LogP contribution in [0.1, 0.15) is 19.4 Å². The fraction of sp³-hybridized carbons (Fsp3) is 0.400. The Balaban J connectivity index is 2.48. The van der Waals surface area contributed by atoms with Gasteiger partial charge in [0.05, 0.1) is 5.57 Å². The van der Waals surface area contributed by atoms with E-state index in [4.69, 9.17) is 16.7 Å². The number of rotatable bonds is 3. The van der Waals surface area contributed by atoms with Gasteiger partial charge in [-0.15, -0.1) is 11.6 Å². The topological polar surface area (TPSA) is 37.3 Å². The molecule has 2 nitrogen and oxygen atoms in total. The van der Waals surface area contributed by atoms with Gasteiger partial charge in [0.2, 0.25) is 0 Å². The van der Waals surface area contributed by atoms with Crippen LogP contribution < -0.4 is 0 Å². The number of hydrogen-bond donors (Lipinski definition) is 1. The van der Waals surface area contributed by atoms with Gasteiger partial charge in [0, 0.05) is 11.3 Å². The first kappa shape index (κ1) is 15.9. The number of carboxylic acids is 1. The summed E-state index contributed by atoms with van der Waals surface area (Å²) < 4.78 is 39.7. The highest BCUT2D eigenvalue weighted by molar-refractivity contribution is 6.37. The Morgan fingerprint density at radius 2 is 1.81 bits per heavy atom. The third-order valence-electron chi connectivity index (χ3n) is 4.10. The maximum atomic E-state index is 13.2. The molecular formula is C15H14ClF3O2. The minimum Gasteiger partial charge on any atom is -0.480 e. The molecule has 114 valence electrons. The van der Waals surface area contributed by atoms with Gasteiger partial charge < -0.3 is 5.11 Å². The molecule has 1 aliphatic rings. The van der Waals surface area contributed by atoms with Gasteiger partial charge in [-0.2, -0.15) is 13.2 Å². The minimum atomic E-state index is -4.57. The lowest BCUT2D eigenvalue weighted by Crippen LogP contribution is -2.21. The van der Waals surface area contributed by atoms with Crippen LogP contribution in [0, 0.1) is 11.3 Å². The fourth-order valence-corrected chi connectivity index (χ4v) is 3.02. The largest absolute Gasteiger partial charge is 0.480 e. The van der Waals surface area contributed by atoms with Crippen LogP contribution in [-0.2, 0) is 4.79 Å². The summed E-state index contributed by atoms with van der Waals surface area (Å²) in [4.78, 5) is 9.54. The predicted octanol–water partition coefficient (Wildman–Crippen LogP) is 4.35. The Labute approximate surface area is 125 Å². The van der Waals surface area contributed by atoms with Crippen LogP contribution in [0.2, 0.25) is 0 Å². The second-order valence-corrected chi connectivity index (χ2v) is 6.26. The molecule has 1 aromatic carbocycles. The van der Waals surface area contributed by atoms with Crippen molar-refractivity contribution in [3.05, 3.63) is 42.0 Å². The summed E-state index contributed by atoms with van der Waals surface area (Å²) in [5, 5.41) is 9.16. The SMILES string of the molecule is CC1(C)C(C=C(c2ccccc2)C(F)(F)F)C1(Cl)C(=O)O. The van der Waals surface area contributed by atoms with Crippen LogP contribution in [-0.4, -0.2) is 22.1 Å². The second-order valence-electron chi connectivity index (χ2n) is 5.66. The van der Waals surface area contributed by atoms with Crippen molar-refractivity contribution in [2.24, 2.45) is 11.3 Å². The van der Waals surface area contributed by atoms with E-state index in [0.29, 0.717) is 0 Å². The standard InChI is InChI=1S/C15H14ClF3O2/c1-13(2)11(14(13,16)12(20)21)8-10(15(17,18)19)9-6-4-3-5-7-9/h3-8,11H,1-2H3,(H,20,21). The highest BCUT2D eigenvalue weighted by Crippen LogP contribution is 2.67. The van der Waals surface area contributed by atoms with Crippen molar-refractivity contribution >= 4 is 23.1 Å². The Morgan fingerprint density at radius 1 is 1.29 bits per heavy atom. The monoisotopic (exact) mass is 318 g/mol. The van der Waals surface area contributed by atoms with E-state index in [1.807, 2.05) is 0 Å². The summed E-state index contributed by atoms with van der Waals surface area (Å²) in [7, 11) is 0. The fourth-order valence-electron chi connectivity index (χ4n) is 2.62. The predicted molar refractivity (Wildman–Crippen MR) is 74.0 cm³/mol. The maximum Gasteiger partial charge on any atom is 0.416 e. The van der Waals surface area contributed by atoms with E-state index in [2.05, 4.69) is 0 Å². The van der Waals surface area contributed by atoms with Crippen molar-refractivity contribution in [3.63, 3.8) is 0 Å². The Bertz CT molecular complexity index is 593. The lowest BCUT2D eigenvalue weighted by atomic mass is 10.0. The average molecular weight is 319 g/mol. The molecule has 0 heterocycles. The molecule has 1 saturated carbocycles. The van der Waals surface area contributed by atoms with Crippen molar-refractivity contribution in [3.8, 4) is 0 Å². The number of benzene rings is 1. The first-order chi connectivity index (χ1) is 9.53. The number of carboxylic acid groups (broad SMARTS) is 1. The molecule has 2 rings (SSSR count). The summed E-state index contributed by atoms with van der Waals surface area (Å²) >= 11 is 6.01. The van der Waals surface area contributed by atoms with E-state index in [-0.39, 0.29) is 5.56 Å². The Kier molecular flexibility index (Phi) is 3.61. The highest BCUT2D eigenvalue weighted by Gasteiger charge is 2.75. The molecule has 0 spiro atoms. The number of halogens is 4. The number of alkyl halides is 4. The lowest BCUT2D eigenvalue weighted by Gasteiger charge is -2.12. The van der Waals surface area contributed by atoms with Crippen LogP contribution in [0.15, 0.2) is 36.4 Å². The number of aliphatic carboxylic acids is 1. The molecule has 1 aliphatic carbocycles. The van der Waals surface area contributed by atoms with E-state index >= 15 is 0 Å². The molecular weight excluding hydrogens is 305 g/mol. The van der Waals surface area contributed by atoms with Crippen LogP contribution in [0.3, 0.4) is 0 Å². The number of allylic oxidation sites excluding steroid dienone is 2. The van der Waals surface area contributed by atoms with Gasteiger partial charge in [-0.3, -0.25) is 4.79 Å². The Hall–Kier alpha value is -1.49. The van der Waals surface area contributed by atoms with Crippen molar-refractivity contribution in [1.82, 2.24) is 0 Å². The lowest BCUT2D eigenvalue weighted by molar-refractivity contribution is -0.138. The molecule has 1 fully saturated rings. The molecule has 2 atom stereocenters. The van der Waals surface area contributed by atoms with E-state index in [0.717, 1.165) is 6.08 Å². The molecule has 1 N–H and O–H groups in total. The summed E-state index contributed by atoms with van der Waals surface area (Å²) in [5.41, 5.74) is -1.80.